The topological polar surface area (TPSA) is 78.9 Å². The SMILES string of the molecule is CC/C=C\C/C=C\C/C=C\C/C=C\C/C=C\C/C=C\C/C=C\C/C=C\CCCCCCC(=O)OCC(COC(=O)CCCCCCC/C=C\CCCCCCC)OC(=O)CCCCCCCCC/C=C\CCCCCCCC. The number of unbranched alkanes of at least 4 members (excludes halogenated alkanes) is 27. The van der Waals surface area contributed by atoms with Crippen LogP contribution in [0.5, 0.6) is 0 Å². The minimum Gasteiger partial charge on any atom is -0.462 e. The summed E-state index contributed by atoms with van der Waals surface area (Å²) in [6.07, 6.45) is 90.6. The summed E-state index contributed by atoms with van der Waals surface area (Å²) in [4.78, 5) is 38.3. The first-order valence-corrected chi connectivity index (χ1v) is 32.5. The van der Waals surface area contributed by atoms with Crippen molar-refractivity contribution in [1.82, 2.24) is 0 Å². The molecule has 0 bridgehead atoms. The van der Waals surface area contributed by atoms with Gasteiger partial charge < -0.3 is 14.2 Å². The second kappa shape index (κ2) is 65.3. The Morgan fingerprint density at radius 3 is 0.795 bits per heavy atom. The van der Waals surface area contributed by atoms with Crippen LogP contribution in [0.15, 0.2) is 122 Å². The van der Waals surface area contributed by atoms with Crippen molar-refractivity contribution in [3.05, 3.63) is 122 Å². The molecule has 0 amide bonds. The van der Waals surface area contributed by atoms with Crippen molar-refractivity contribution in [2.75, 3.05) is 13.2 Å². The number of hydrogen-bond acceptors (Lipinski definition) is 6. The molecule has 0 rings (SSSR count). The lowest BCUT2D eigenvalue weighted by Gasteiger charge is -2.18. The predicted molar refractivity (Wildman–Crippen MR) is 339 cm³/mol. The highest BCUT2D eigenvalue weighted by Gasteiger charge is 2.19. The van der Waals surface area contributed by atoms with Crippen LogP contribution in [0.4, 0.5) is 0 Å². The molecule has 0 aliphatic heterocycles. The van der Waals surface area contributed by atoms with Crippen LogP contribution in [0, 0.1) is 0 Å². The Hall–Kier alpha value is -4.19. The molecule has 0 aromatic rings. The van der Waals surface area contributed by atoms with Crippen LogP contribution >= 0.6 is 0 Å². The van der Waals surface area contributed by atoms with Crippen molar-refractivity contribution in [3.63, 3.8) is 0 Å². The highest BCUT2D eigenvalue weighted by molar-refractivity contribution is 5.71. The Kier molecular flexibility index (Phi) is 61.8. The highest BCUT2D eigenvalue weighted by atomic mass is 16.6. The van der Waals surface area contributed by atoms with Crippen LogP contribution < -0.4 is 0 Å². The van der Waals surface area contributed by atoms with Gasteiger partial charge in [-0.15, -0.1) is 0 Å². The lowest BCUT2D eigenvalue weighted by molar-refractivity contribution is -0.167. The molecule has 0 aromatic carbocycles. The first-order chi connectivity index (χ1) is 38.5. The molecule has 1 unspecified atom stereocenters. The van der Waals surface area contributed by atoms with Crippen molar-refractivity contribution < 1.29 is 28.6 Å². The number of ether oxygens (including phenoxy) is 3. The summed E-state index contributed by atoms with van der Waals surface area (Å²) < 4.78 is 16.9. The van der Waals surface area contributed by atoms with E-state index in [4.69, 9.17) is 14.2 Å². The van der Waals surface area contributed by atoms with E-state index in [9.17, 15) is 14.4 Å². The normalized spacial score (nSPS) is 12.9. The standard InChI is InChI=1S/C72H120O6/c1-4-7-10-13-16-19-22-25-28-30-31-32-33-34-35-36-37-38-39-40-41-43-44-47-50-53-56-59-62-65-71(74)77-68-69(67-76-70(73)64-61-58-55-52-49-46-27-24-21-18-15-12-9-6-3)78-72(75)66-63-60-57-54-51-48-45-42-29-26-23-20-17-14-11-8-5-2/h7,10,16,19,24-29,31-32,34-35,37-38,40-41,44,47,69H,4-6,8-9,11-15,17-18,20-23,30,33,36,39,42-43,45-46,48-68H2,1-3H3/b10-7-,19-16-,27-24-,28-25-,29-26-,32-31-,35-34-,38-37-,41-40-,47-44-. The van der Waals surface area contributed by atoms with Crippen LogP contribution in [0.3, 0.4) is 0 Å². The van der Waals surface area contributed by atoms with Gasteiger partial charge in [0, 0.05) is 19.3 Å². The number of hydrogen-bond donors (Lipinski definition) is 0. The molecule has 0 saturated heterocycles. The van der Waals surface area contributed by atoms with Crippen LogP contribution in [0.1, 0.15) is 297 Å². The first-order valence-electron chi connectivity index (χ1n) is 32.5. The summed E-state index contributed by atoms with van der Waals surface area (Å²) in [6.45, 7) is 6.49. The molecule has 0 fully saturated rings. The minimum atomic E-state index is -0.798. The number of carbonyl (C=O) groups excluding carboxylic acids is 3. The van der Waals surface area contributed by atoms with E-state index in [0.29, 0.717) is 19.3 Å². The van der Waals surface area contributed by atoms with Crippen molar-refractivity contribution >= 4 is 17.9 Å². The van der Waals surface area contributed by atoms with Gasteiger partial charge in [-0.1, -0.05) is 264 Å². The zero-order chi connectivity index (χ0) is 56.4. The molecular weight excluding hydrogens is 961 g/mol. The van der Waals surface area contributed by atoms with Gasteiger partial charge in [-0.2, -0.15) is 0 Å². The molecule has 6 nitrogen and oxygen atoms in total. The summed E-state index contributed by atoms with van der Waals surface area (Å²) in [6, 6.07) is 0. The maximum absolute atomic E-state index is 12.9. The van der Waals surface area contributed by atoms with Gasteiger partial charge >= 0.3 is 17.9 Å². The maximum atomic E-state index is 12.9. The van der Waals surface area contributed by atoms with E-state index >= 15 is 0 Å². The van der Waals surface area contributed by atoms with E-state index in [-0.39, 0.29) is 31.1 Å². The largest absolute Gasteiger partial charge is 0.462 e. The van der Waals surface area contributed by atoms with Crippen molar-refractivity contribution in [1.29, 1.82) is 0 Å². The van der Waals surface area contributed by atoms with Crippen LogP contribution in [-0.4, -0.2) is 37.2 Å². The summed E-state index contributed by atoms with van der Waals surface area (Å²) in [7, 11) is 0. The Labute approximate surface area is 482 Å². The van der Waals surface area contributed by atoms with Gasteiger partial charge in [0.05, 0.1) is 0 Å². The molecule has 0 saturated carbocycles. The lowest BCUT2D eigenvalue weighted by Crippen LogP contribution is -2.30. The number of carbonyl (C=O) groups is 3. The summed E-state index contributed by atoms with van der Waals surface area (Å²) in [5, 5.41) is 0. The summed E-state index contributed by atoms with van der Waals surface area (Å²) in [5.41, 5.74) is 0. The molecule has 0 radical (unpaired) electrons. The molecule has 0 N–H and O–H groups in total. The van der Waals surface area contributed by atoms with E-state index in [1.807, 2.05) is 0 Å². The van der Waals surface area contributed by atoms with E-state index in [2.05, 4.69) is 142 Å². The summed E-state index contributed by atoms with van der Waals surface area (Å²) in [5.74, 6) is -0.926. The third-order valence-corrected chi connectivity index (χ3v) is 13.7. The lowest BCUT2D eigenvalue weighted by atomic mass is 10.1. The van der Waals surface area contributed by atoms with Crippen LogP contribution in [-0.2, 0) is 28.6 Å². The van der Waals surface area contributed by atoms with E-state index in [1.165, 1.54) is 128 Å². The van der Waals surface area contributed by atoms with Gasteiger partial charge in [0.2, 0.25) is 0 Å². The minimum absolute atomic E-state index is 0.0934. The molecule has 0 heterocycles. The molecule has 0 aliphatic rings. The number of rotatable bonds is 58. The molecule has 0 spiro atoms. The third-order valence-electron chi connectivity index (χ3n) is 13.7. The smallest absolute Gasteiger partial charge is 0.306 e. The van der Waals surface area contributed by atoms with Crippen molar-refractivity contribution in [2.24, 2.45) is 0 Å². The molecule has 0 aliphatic carbocycles. The first kappa shape index (κ1) is 73.8. The van der Waals surface area contributed by atoms with Gasteiger partial charge in [-0.3, -0.25) is 14.4 Å². The Morgan fingerprint density at radius 1 is 0.269 bits per heavy atom. The predicted octanol–water partition coefficient (Wildman–Crippen LogP) is 22.4. The molecular formula is C72H120O6. The van der Waals surface area contributed by atoms with Gasteiger partial charge in [0.15, 0.2) is 6.10 Å². The van der Waals surface area contributed by atoms with Gasteiger partial charge in [0.25, 0.3) is 0 Å². The Balaban J connectivity index is 4.40. The summed E-state index contributed by atoms with van der Waals surface area (Å²) >= 11 is 0. The van der Waals surface area contributed by atoms with E-state index in [0.717, 1.165) is 128 Å². The maximum Gasteiger partial charge on any atom is 0.306 e. The third kappa shape index (κ3) is 62.7. The van der Waals surface area contributed by atoms with Gasteiger partial charge in [-0.05, 0) is 135 Å². The zero-order valence-corrected chi connectivity index (χ0v) is 50.9. The average Bonchev–Trinajstić information content (AvgIpc) is 3.44. The van der Waals surface area contributed by atoms with E-state index in [1.54, 1.807) is 0 Å². The zero-order valence-electron chi connectivity index (χ0n) is 50.9. The highest BCUT2D eigenvalue weighted by Crippen LogP contribution is 2.15. The average molecular weight is 1080 g/mol. The fourth-order valence-corrected chi connectivity index (χ4v) is 8.80. The second-order valence-electron chi connectivity index (χ2n) is 21.3. The van der Waals surface area contributed by atoms with E-state index < -0.39 is 6.10 Å². The number of esters is 3. The van der Waals surface area contributed by atoms with Crippen LogP contribution in [0.25, 0.3) is 0 Å². The number of allylic oxidation sites excluding steroid dienone is 20. The fraction of sp³-hybridized carbons (Fsp3) is 0.681. The van der Waals surface area contributed by atoms with Gasteiger partial charge in [0.1, 0.15) is 13.2 Å². The van der Waals surface area contributed by atoms with Crippen LogP contribution in [0.2, 0.25) is 0 Å². The monoisotopic (exact) mass is 1080 g/mol. The fourth-order valence-electron chi connectivity index (χ4n) is 8.80. The van der Waals surface area contributed by atoms with Crippen molar-refractivity contribution in [3.8, 4) is 0 Å². The Bertz CT molecular complexity index is 1620. The van der Waals surface area contributed by atoms with Crippen molar-refractivity contribution in [2.45, 2.75) is 303 Å². The van der Waals surface area contributed by atoms with Gasteiger partial charge in [-0.25, -0.2) is 0 Å². The molecule has 1 atom stereocenters. The second-order valence-corrected chi connectivity index (χ2v) is 21.3. The molecule has 0 aromatic heterocycles. The molecule has 6 heteroatoms. The molecule has 444 valence electrons. The quantitative estimate of drug-likeness (QED) is 0.0261. The Morgan fingerprint density at radius 2 is 0.500 bits per heavy atom. The molecule has 78 heavy (non-hydrogen) atoms.